The molecule has 0 aromatic carbocycles. The lowest BCUT2D eigenvalue weighted by Crippen LogP contribution is -2.68. The van der Waals surface area contributed by atoms with E-state index in [0.717, 1.165) is 24.0 Å². The topological polar surface area (TPSA) is 41.8 Å². The molecular weight excluding hydrogens is 418 g/mol. The van der Waals surface area contributed by atoms with E-state index in [1.54, 1.807) is 7.11 Å². The molecular formula is C31H53NO2. The zero-order valence-electron chi connectivity index (χ0n) is 23.8. The highest BCUT2D eigenvalue weighted by Gasteiger charge is 2.71. The van der Waals surface area contributed by atoms with Crippen LogP contribution in [0.5, 0.6) is 0 Å². The summed E-state index contributed by atoms with van der Waals surface area (Å²) in [7, 11) is 1.62. The van der Waals surface area contributed by atoms with Crippen molar-refractivity contribution in [1.82, 2.24) is 0 Å². The SMILES string of the molecule is CO/N=C1\[C@H](O)C[C@@H]2[C@](C)(CC[C@@H]3[C@]2(C)CC[C@@]2(C)[C@H]4CC(C)(C)CC[C@]4(C)CC[C@]32C)[C@H]1C. The summed E-state index contributed by atoms with van der Waals surface area (Å²) >= 11 is 0. The van der Waals surface area contributed by atoms with Gasteiger partial charge in [-0.25, -0.2) is 0 Å². The van der Waals surface area contributed by atoms with Crippen LogP contribution in [0.1, 0.15) is 120 Å². The predicted molar refractivity (Wildman–Crippen MR) is 141 cm³/mol. The molecule has 3 heteroatoms. The van der Waals surface area contributed by atoms with Crippen LogP contribution in [0.3, 0.4) is 0 Å². The summed E-state index contributed by atoms with van der Waals surface area (Å²) in [6.07, 6.45) is 12.7. The average molecular weight is 472 g/mol. The third-order valence-electron chi connectivity index (χ3n) is 14.0. The van der Waals surface area contributed by atoms with E-state index in [4.69, 9.17) is 4.84 Å². The number of hydrogen-bond acceptors (Lipinski definition) is 3. The number of oxime groups is 1. The smallest absolute Gasteiger partial charge is 0.106 e. The van der Waals surface area contributed by atoms with Crippen LogP contribution in [0.25, 0.3) is 0 Å². The molecule has 0 amide bonds. The lowest BCUT2D eigenvalue weighted by Gasteiger charge is -2.75. The van der Waals surface area contributed by atoms with Gasteiger partial charge >= 0.3 is 0 Å². The van der Waals surface area contributed by atoms with Gasteiger partial charge in [-0.3, -0.25) is 0 Å². The van der Waals surface area contributed by atoms with E-state index in [9.17, 15) is 5.11 Å². The summed E-state index contributed by atoms with van der Waals surface area (Å²) in [6, 6.07) is 0. The minimum atomic E-state index is -0.460. The number of aliphatic hydroxyl groups is 1. The molecule has 0 aliphatic heterocycles. The highest BCUT2D eigenvalue weighted by molar-refractivity contribution is 5.91. The van der Waals surface area contributed by atoms with E-state index < -0.39 is 6.10 Å². The maximum absolute atomic E-state index is 11.2. The normalized spacial score (nSPS) is 57.7. The van der Waals surface area contributed by atoms with Crippen molar-refractivity contribution in [3.8, 4) is 0 Å². The molecule has 5 aliphatic rings. The zero-order valence-corrected chi connectivity index (χ0v) is 23.8. The van der Waals surface area contributed by atoms with E-state index in [0.29, 0.717) is 33.0 Å². The Morgan fingerprint density at radius 2 is 1.38 bits per heavy atom. The molecule has 0 spiro atoms. The maximum Gasteiger partial charge on any atom is 0.106 e. The highest BCUT2D eigenvalue weighted by Crippen LogP contribution is 2.78. The lowest BCUT2D eigenvalue weighted by atomic mass is 9.30. The summed E-state index contributed by atoms with van der Waals surface area (Å²) < 4.78 is 0. The van der Waals surface area contributed by atoms with Crippen LogP contribution in [0, 0.1) is 56.2 Å². The Kier molecular flexibility index (Phi) is 5.52. The van der Waals surface area contributed by atoms with Crippen molar-refractivity contribution in [3.05, 3.63) is 0 Å². The summed E-state index contributed by atoms with van der Waals surface area (Å²) in [5, 5.41) is 15.5. The fraction of sp³-hybridized carbons (Fsp3) is 0.968. The monoisotopic (exact) mass is 471 g/mol. The van der Waals surface area contributed by atoms with E-state index in [-0.39, 0.29) is 11.3 Å². The molecule has 5 saturated carbocycles. The van der Waals surface area contributed by atoms with Crippen LogP contribution >= 0.6 is 0 Å². The van der Waals surface area contributed by atoms with Gasteiger partial charge in [0.15, 0.2) is 0 Å². The first kappa shape index (κ1) is 25.1. The Balaban J connectivity index is 1.54. The third-order valence-corrected chi connectivity index (χ3v) is 14.0. The van der Waals surface area contributed by atoms with E-state index in [1.165, 1.54) is 57.8 Å². The van der Waals surface area contributed by atoms with Crippen molar-refractivity contribution >= 4 is 5.71 Å². The van der Waals surface area contributed by atoms with Crippen molar-refractivity contribution in [2.24, 2.45) is 61.3 Å². The fourth-order valence-corrected chi connectivity index (χ4v) is 11.4. The lowest BCUT2D eigenvalue weighted by molar-refractivity contribution is -0.256. The van der Waals surface area contributed by atoms with Gasteiger partial charge in [-0.15, -0.1) is 0 Å². The number of fused-ring (bicyclic) bond motifs is 7. The van der Waals surface area contributed by atoms with Crippen molar-refractivity contribution in [2.45, 2.75) is 126 Å². The number of aliphatic hydroxyl groups excluding tert-OH is 1. The molecule has 0 bridgehead atoms. The summed E-state index contributed by atoms with van der Waals surface area (Å²) in [5.74, 6) is 2.43. The molecule has 0 aromatic rings. The van der Waals surface area contributed by atoms with Gasteiger partial charge in [0.2, 0.25) is 0 Å². The molecule has 0 heterocycles. The van der Waals surface area contributed by atoms with Crippen LogP contribution in [-0.4, -0.2) is 24.0 Å². The summed E-state index contributed by atoms with van der Waals surface area (Å²) in [4.78, 5) is 5.18. The minimum absolute atomic E-state index is 0.196. The molecule has 194 valence electrons. The van der Waals surface area contributed by atoms with Gasteiger partial charge in [0.25, 0.3) is 0 Å². The van der Waals surface area contributed by atoms with Crippen LogP contribution < -0.4 is 0 Å². The molecule has 5 fully saturated rings. The molecule has 5 rings (SSSR count). The molecule has 34 heavy (non-hydrogen) atoms. The predicted octanol–water partition coefficient (Wildman–Crippen LogP) is 7.86. The molecule has 0 unspecified atom stereocenters. The van der Waals surface area contributed by atoms with Gasteiger partial charge in [0.1, 0.15) is 7.11 Å². The van der Waals surface area contributed by atoms with Gasteiger partial charge in [-0.05, 0) is 114 Å². The number of nitrogens with zero attached hydrogens (tertiary/aromatic N) is 1. The molecule has 3 nitrogen and oxygen atoms in total. The van der Waals surface area contributed by atoms with Crippen molar-refractivity contribution in [1.29, 1.82) is 0 Å². The second-order valence-corrected chi connectivity index (χ2v) is 15.7. The van der Waals surface area contributed by atoms with E-state index in [2.05, 4.69) is 60.5 Å². The second kappa shape index (κ2) is 7.48. The molecule has 10 atom stereocenters. The van der Waals surface area contributed by atoms with E-state index in [1.807, 2.05) is 0 Å². The molecule has 1 N–H and O–H groups in total. The van der Waals surface area contributed by atoms with E-state index >= 15 is 0 Å². The zero-order chi connectivity index (χ0) is 24.9. The van der Waals surface area contributed by atoms with Crippen LogP contribution in [0.2, 0.25) is 0 Å². The van der Waals surface area contributed by atoms with Gasteiger partial charge in [0, 0.05) is 5.92 Å². The first-order valence-electron chi connectivity index (χ1n) is 14.5. The first-order chi connectivity index (χ1) is 15.7. The highest BCUT2D eigenvalue weighted by atomic mass is 16.6. The largest absolute Gasteiger partial charge is 0.399 e. The van der Waals surface area contributed by atoms with Gasteiger partial charge in [-0.1, -0.05) is 60.5 Å². The van der Waals surface area contributed by atoms with Crippen LogP contribution in [-0.2, 0) is 4.84 Å². The Labute approximate surface area is 209 Å². The molecule has 5 aliphatic carbocycles. The number of hydrogen-bond donors (Lipinski definition) is 1. The molecule has 0 radical (unpaired) electrons. The van der Waals surface area contributed by atoms with Crippen molar-refractivity contribution in [3.63, 3.8) is 0 Å². The van der Waals surface area contributed by atoms with Gasteiger partial charge < -0.3 is 9.94 Å². The minimum Gasteiger partial charge on any atom is -0.399 e. The summed E-state index contributed by atoms with van der Waals surface area (Å²) in [6.45, 7) is 20.6. The van der Waals surface area contributed by atoms with Crippen molar-refractivity contribution < 1.29 is 9.94 Å². The molecule has 0 aromatic heterocycles. The Hall–Kier alpha value is -0.570. The number of rotatable bonds is 1. The van der Waals surface area contributed by atoms with Gasteiger partial charge in [0.05, 0.1) is 11.8 Å². The second-order valence-electron chi connectivity index (χ2n) is 15.7. The molecule has 0 saturated heterocycles. The standard InChI is InChI=1S/C31H53NO2/c1-20-25(32-34-9)21(33)18-23-28(20,5)11-10-22-29(23,6)15-17-31(8)24-19-26(2,3)12-13-27(24,4)14-16-30(22,31)7/h20-24,33H,10-19H2,1-9H3/b32-25-/t20-,21+,22+,23+,24-,27+,28+,29-,30+,31-/m0/s1. The average Bonchev–Trinajstić information content (AvgIpc) is 2.76. The Morgan fingerprint density at radius 1 is 0.765 bits per heavy atom. The Morgan fingerprint density at radius 3 is 2.06 bits per heavy atom. The Bertz CT molecular complexity index is 865. The van der Waals surface area contributed by atoms with Gasteiger partial charge in [-0.2, -0.15) is 0 Å². The van der Waals surface area contributed by atoms with Crippen LogP contribution in [0.15, 0.2) is 5.16 Å². The third kappa shape index (κ3) is 3.07. The van der Waals surface area contributed by atoms with Crippen molar-refractivity contribution in [2.75, 3.05) is 7.11 Å². The quantitative estimate of drug-likeness (QED) is 0.395. The summed E-state index contributed by atoms with van der Waals surface area (Å²) in [5.41, 5.74) is 3.22. The maximum atomic E-state index is 11.2. The first-order valence-corrected chi connectivity index (χ1v) is 14.5. The fourth-order valence-electron chi connectivity index (χ4n) is 11.4. The van der Waals surface area contributed by atoms with Crippen LogP contribution in [0.4, 0.5) is 0 Å².